The maximum absolute atomic E-state index is 9.43. The number of hydrogen-bond donors (Lipinski definition) is 2. The Hall–Kier alpha value is -1.61. The third kappa shape index (κ3) is 2.24. The van der Waals surface area contributed by atoms with Gasteiger partial charge in [0.2, 0.25) is 0 Å². The zero-order chi connectivity index (χ0) is 11.7. The highest BCUT2D eigenvalue weighted by molar-refractivity contribution is 8.00. The van der Waals surface area contributed by atoms with Gasteiger partial charge in [0.05, 0.1) is 5.37 Å². The lowest BCUT2D eigenvalue weighted by Gasteiger charge is -2.09. The van der Waals surface area contributed by atoms with Crippen molar-refractivity contribution in [1.29, 1.82) is 0 Å². The molecular formula is C14H13NOS. The van der Waals surface area contributed by atoms with Crippen molar-refractivity contribution in [3.63, 3.8) is 0 Å². The van der Waals surface area contributed by atoms with Crippen molar-refractivity contribution < 1.29 is 5.11 Å². The summed E-state index contributed by atoms with van der Waals surface area (Å²) in [5.74, 6) is 0.332. The molecule has 0 radical (unpaired) electrons. The molecule has 3 rings (SSSR count). The van der Waals surface area contributed by atoms with Gasteiger partial charge in [0.1, 0.15) is 5.75 Å². The molecule has 2 aromatic rings. The van der Waals surface area contributed by atoms with Crippen molar-refractivity contribution in [1.82, 2.24) is 0 Å². The first kappa shape index (κ1) is 10.5. The predicted octanol–water partition coefficient (Wildman–Crippen LogP) is 3.48. The lowest BCUT2D eigenvalue weighted by atomic mass is 10.1. The van der Waals surface area contributed by atoms with Crippen molar-refractivity contribution in [2.75, 3.05) is 5.32 Å². The highest BCUT2D eigenvalue weighted by Gasteiger charge is 2.21. The molecule has 1 aliphatic rings. The zero-order valence-electron chi connectivity index (χ0n) is 9.26. The number of rotatable bonds is 2. The van der Waals surface area contributed by atoms with Crippen LogP contribution in [0.2, 0.25) is 0 Å². The fourth-order valence-electron chi connectivity index (χ4n) is 2.00. The third-order valence-corrected chi connectivity index (χ3v) is 3.98. The second-order valence-electron chi connectivity index (χ2n) is 4.12. The first-order valence-corrected chi connectivity index (χ1v) is 6.49. The molecule has 86 valence electrons. The number of thioether (sulfide) groups is 1. The molecule has 2 nitrogen and oxygen atoms in total. The van der Waals surface area contributed by atoms with E-state index in [1.165, 1.54) is 5.56 Å². The van der Waals surface area contributed by atoms with Gasteiger partial charge in [-0.3, -0.25) is 0 Å². The van der Waals surface area contributed by atoms with Crippen LogP contribution in [0.25, 0.3) is 0 Å². The average molecular weight is 243 g/mol. The molecule has 2 aromatic carbocycles. The number of phenolic OH excluding ortho intramolecular Hbond substituents is 1. The van der Waals surface area contributed by atoms with E-state index in [1.54, 1.807) is 17.8 Å². The standard InChI is InChI=1S/C14H13NOS/c16-11-6-7-12-13(9-11)17-14(15-12)8-10-4-2-1-3-5-10/h1-7,9,14-16H,8H2. The molecule has 0 aromatic heterocycles. The molecule has 0 amide bonds. The Morgan fingerprint density at radius 3 is 2.76 bits per heavy atom. The van der Waals surface area contributed by atoms with Crippen molar-refractivity contribution in [3.8, 4) is 5.75 Å². The van der Waals surface area contributed by atoms with Gasteiger partial charge in [0.15, 0.2) is 0 Å². The van der Waals surface area contributed by atoms with E-state index >= 15 is 0 Å². The SMILES string of the molecule is Oc1ccc2c(c1)SC(Cc1ccccc1)N2. The number of benzene rings is 2. The van der Waals surface area contributed by atoms with E-state index in [-0.39, 0.29) is 0 Å². The van der Waals surface area contributed by atoms with E-state index in [9.17, 15) is 5.11 Å². The second kappa shape index (κ2) is 4.34. The fraction of sp³-hybridized carbons (Fsp3) is 0.143. The number of aromatic hydroxyl groups is 1. The summed E-state index contributed by atoms with van der Waals surface area (Å²) in [5, 5.41) is 13.2. The topological polar surface area (TPSA) is 32.3 Å². The Morgan fingerprint density at radius 1 is 1.12 bits per heavy atom. The van der Waals surface area contributed by atoms with Crippen molar-refractivity contribution >= 4 is 17.4 Å². The van der Waals surface area contributed by atoms with Crippen LogP contribution >= 0.6 is 11.8 Å². The van der Waals surface area contributed by atoms with Gasteiger partial charge in [-0.05, 0) is 23.8 Å². The fourth-order valence-corrected chi connectivity index (χ4v) is 3.22. The van der Waals surface area contributed by atoms with Gasteiger partial charge in [-0.15, -0.1) is 0 Å². The average Bonchev–Trinajstić information content (AvgIpc) is 2.71. The van der Waals surface area contributed by atoms with Crippen molar-refractivity contribution in [2.45, 2.75) is 16.7 Å². The van der Waals surface area contributed by atoms with E-state index in [0.29, 0.717) is 11.1 Å². The summed E-state index contributed by atoms with van der Waals surface area (Å²) in [6, 6.07) is 15.9. The zero-order valence-corrected chi connectivity index (χ0v) is 10.1. The van der Waals surface area contributed by atoms with Crippen molar-refractivity contribution in [3.05, 3.63) is 54.1 Å². The van der Waals surface area contributed by atoms with Crippen LogP contribution < -0.4 is 5.32 Å². The van der Waals surface area contributed by atoms with Crippen molar-refractivity contribution in [2.24, 2.45) is 0 Å². The molecule has 3 heteroatoms. The third-order valence-electron chi connectivity index (χ3n) is 2.81. The van der Waals surface area contributed by atoms with Crippen LogP contribution in [0, 0.1) is 0 Å². The summed E-state index contributed by atoms with van der Waals surface area (Å²) in [6.45, 7) is 0. The summed E-state index contributed by atoms with van der Waals surface area (Å²) in [5.41, 5.74) is 2.45. The minimum Gasteiger partial charge on any atom is -0.508 e. The van der Waals surface area contributed by atoms with Crippen LogP contribution in [0.1, 0.15) is 5.56 Å². The summed E-state index contributed by atoms with van der Waals surface area (Å²) in [4.78, 5) is 1.13. The first-order chi connectivity index (χ1) is 8.31. The summed E-state index contributed by atoms with van der Waals surface area (Å²) >= 11 is 1.77. The van der Waals surface area contributed by atoms with Gasteiger partial charge < -0.3 is 10.4 Å². The number of hydrogen-bond acceptors (Lipinski definition) is 3. The van der Waals surface area contributed by atoms with Gasteiger partial charge >= 0.3 is 0 Å². The maximum Gasteiger partial charge on any atom is 0.116 e. The Kier molecular flexibility index (Phi) is 2.69. The van der Waals surface area contributed by atoms with Gasteiger partial charge in [-0.1, -0.05) is 42.1 Å². The maximum atomic E-state index is 9.43. The summed E-state index contributed by atoms with van der Waals surface area (Å²) in [6.07, 6.45) is 0.987. The van der Waals surface area contributed by atoms with Crippen LogP contribution in [0.4, 0.5) is 5.69 Å². The Morgan fingerprint density at radius 2 is 1.94 bits per heavy atom. The molecule has 1 heterocycles. The van der Waals surface area contributed by atoms with E-state index < -0.39 is 0 Å². The van der Waals surface area contributed by atoms with Gasteiger partial charge in [-0.2, -0.15) is 0 Å². The Labute approximate surface area is 105 Å². The molecule has 0 bridgehead atoms. The molecule has 0 saturated carbocycles. The minimum absolute atomic E-state index is 0.332. The molecule has 1 unspecified atom stereocenters. The normalized spacial score (nSPS) is 17.5. The lowest BCUT2D eigenvalue weighted by Crippen LogP contribution is -2.12. The highest BCUT2D eigenvalue weighted by Crippen LogP contribution is 2.41. The molecule has 17 heavy (non-hydrogen) atoms. The lowest BCUT2D eigenvalue weighted by molar-refractivity contribution is 0.474. The molecule has 1 atom stereocenters. The molecule has 0 fully saturated rings. The van der Waals surface area contributed by atoms with E-state index in [1.807, 2.05) is 18.2 Å². The van der Waals surface area contributed by atoms with Crippen LogP contribution in [0.3, 0.4) is 0 Å². The number of phenols is 1. The minimum atomic E-state index is 0.332. The molecular weight excluding hydrogens is 230 g/mol. The van der Waals surface area contributed by atoms with E-state index in [2.05, 4.69) is 29.6 Å². The molecule has 0 spiro atoms. The number of anilines is 1. The molecule has 2 N–H and O–H groups in total. The van der Waals surface area contributed by atoms with Crippen LogP contribution in [0.5, 0.6) is 5.75 Å². The van der Waals surface area contributed by atoms with Gasteiger partial charge in [0, 0.05) is 17.0 Å². The molecule has 0 saturated heterocycles. The highest BCUT2D eigenvalue weighted by atomic mass is 32.2. The predicted molar refractivity (Wildman–Crippen MR) is 71.5 cm³/mol. The van der Waals surface area contributed by atoms with Crippen LogP contribution in [-0.2, 0) is 6.42 Å². The second-order valence-corrected chi connectivity index (χ2v) is 5.37. The number of nitrogens with one attached hydrogen (secondary N) is 1. The Balaban J connectivity index is 1.74. The monoisotopic (exact) mass is 243 g/mol. The quantitative estimate of drug-likeness (QED) is 0.792. The van der Waals surface area contributed by atoms with Crippen LogP contribution in [0.15, 0.2) is 53.4 Å². The van der Waals surface area contributed by atoms with Gasteiger partial charge in [-0.25, -0.2) is 0 Å². The Bertz CT molecular complexity index is 527. The smallest absolute Gasteiger partial charge is 0.116 e. The van der Waals surface area contributed by atoms with Gasteiger partial charge in [0.25, 0.3) is 0 Å². The molecule has 0 aliphatic carbocycles. The van der Waals surface area contributed by atoms with E-state index in [0.717, 1.165) is 17.0 Å². The van der Waals surface area contributed by atoms with Crippen LogP contribution in [-0.4, -0.2) is 10.5 Å². The first-order valence-electron chi connectivity index (χ1n) is 5.61. The van der Waals surface area contributed by atoms with E-state index in [4.69, 9.17) is 0 Å². The molecule has 1 aliphatic heterocycles. The summed E-state index contributed by atoms with van der Waals surface area (Å²) in [7, 11) is 0. The number of fused-ring (bicyclic) bond motifs is 1. The largest absolute Gasteiger partial charge is 0.508 e. The summed E-state index contributed by atoms with van der Waals surface area (Å²) < 4.78 is 0.